The molecule has 0 bridgehead atoms. The summed E-state index contributed by atoms with van der Waals surface area (Å²) < 4.78 is 65.5. The van der Waals surface area contributed by atoms with Gasteiger partial charge in [0.25, 0.3) is 0 Å². The van der Waals surface area contributed by atoms with E-state index in [0.717, 1.165) is 6.26 Å². The van der Waals surface area contributed by atoms with Crippen LogP contribution in [0, 0.1) is 17.2 Å². The maximum absolute atomic E-state index is 13.9. The number of hydrogen-bond donors (Lipinski definition) is 2. The number of rotatable bonds is 10. The summed E-state index contributed by atoms with van der Waals surface area (Å²) in [7, 11) is -3.38. The Bertz CT molecular complexity index is 1150. The van der Waals surface area contributed by atoms with Gasteiger partial charge in [0.1, 0.15) is 12.1 Å². The quantitative estimate of drug-likeness (QED) is 0.429. The molecule has 3 atom stereocenters. The highest BCUT2D eigenvalue weighted by atomic mass is 79.9. The van der Waals surface area contributed by atoms with Gasteiger partial charge < -0.3 is 5.32 Å². The summed E-state index contributed by atoms with van der Waals surface area (Å²) in [5.74, 6) is -0.814. The molecular formula is C24H27BrF3N3O3S. The summed E-state index contributed by atoms with van der Waals surface area (Å²) in [6.45, 7) is 3.57. The lowest BCUT2D eigenvalue weighted by Gasteiger charge is -2.29. The molecule has 2 aromatic carbocycles. The Morgan fingerprint density at radius 1 is 1.09 bits per heavy atom. The number of carbonyl (C=O) groups excluding carboxylic acids is 1. The summed E-state index contributed by atoms with van der Waals surface area (Å²) >= 11 is 3.20. The molecule has 0 aromatic heterocycles. The lowest BCUT2D eigenvalue weighted by atomic mass is 9.99. The molecule has 1 amide bonds. The number of halogens is 4. The Balaban J connectivity index is 2.21. The summed E-state index contributed by atoms with van der Waals surface area (Å²) in [6, 6.07) is 9.17. The minimum Gasteiger partial charge on any atom is -0.339 e. The molecule has 0 aliphatic carbocycles. The van der Waals surface area contributed by atoms with Crippen molar-refractivity contribution in [2.24, 2.45) is 5.92 Å². The lowest BCUT2D eigenvalue weighted by molar-refractivity contribution is -0.161. The first-order valence-corrected chi connectivity index (χ1v) is 13.5. The maximum Gasteiger partial charge on any atom is 0.407 e. The van der Waals surface area contributed by atoms with Crippen LogP contribution in [0.4, 0.5) is 13.2 Å². The van der Waals surface area contributed by atoms with Crippen LogP contribution in [0.25, 0.3) is 0 Å². The van der Waals surface area contributed by atoms with Gasteiger partial charge in [0.2, 0.25) is 5.91 Å². The van der Waals surface area contributed by atoms with E-state index < -0.39 is 40.0 Å². The Kier molecular flexibility index (Phi) is 9.89. The first-order valence-electron chi connectivity index (χ1n) is 10.8. The molecule has 2 aromatic rings. The zero-order valence-electron chi connectivity index (χ0n) is 19.4. The summed E-state index contributed by atoms with van der Waals surface area (Å²) in [4.78, 5) is 13.1. The number of alkyl halides is 3. The highest BCUT2D eigenvalue weighted by Crippen LogP contribution is 2.34. The van der Waals surface area contributed by atoms with Crippen LogP contribution >= 0.6 is 15.9 Å². The van der Waals surface area contributed by atoms with Crippen molar-refractivity contribution in [2.75, 3.05) is 6.26 Å². The summed E-state index contributed by atoms with van der Waals surface area (Å²) in [6.07, 6.45) is -3.39. The molecule has 11 heteroatoms. The van der Waals surface area contributed by atoms with Crippen LogP contribution in [0.15, 0.2) is 57.9 Å². The summed E-state index contributed by atoms with van der Waals surface area (Å²) in [5, 5.41) is 14.5. The van der Waals surface area contributed by atoms with E-state index in [0.29, 0.717) is 10.0 Å². The number of nitrogens with one attached hydrogen (secondary N) is 2. The molecule has 0 heterocycles. The molecular weight excluding hydrogens is 547 g/mol. The Morgan fingerprint density at radius 2 is 1.66 bits per heavy atom. The molecule has 2 rings (SSSR count). The number of sulfone groups is 1. The monoisotopic (exact) mass is 573 g/mol. The molecule has 0 unspecified atom stereocenters. The molecule has 0 aliphatic rings. The second kappa shape index (κ2) is 12.0. The molecule has 2 N–H and O–H groups in total. The van der Waals surface area contributed by atoms with Gasteiger partial charge in [-0.05, 0) is 47.7 Å². The number of nitriles is 1. The van der Waals surface area contributed by atoms with Gasteiger partial charge in [0, 0.05) is 17.1 Å². The van der Waals surface area contributed by atoms with Gasteiger partial charge in [0.05, 0.1) is 17.0 Å². The fourth-order valence-corrected chi connectivity index (χ4v) is 4.36. The third-order valence-electron chi connectivity index (χ3n) is 5.19. The van der Waals surface area contributed by atoms with E-state index >= 15 is 0 Å². The van der Waals surface area contributed by atoms with Gasteiger partial charge in [0.15, 0.2) is 9.84 Å². The fourth-order valence-electron chi connectivity index (χ4n) is 3.47. The van der Waals surface area contributed by atoms with Gasteiger partial charge in [-0.3, -0.25) is 10.1 Å². The fraction of sp³-hybridized carbons (Fsp3) is 0.417. The third kappa shape index (κ3) is 8.94. The number of nitrogens with zero attached hydrogens (tertiary/aromatic N) is 1. The van der Waals surface area contributed by atoms with Crippen LogP contribution in [0.3, 0.4) is 0 Å². The molecule has 0 aliphatic heterocycles. The molecule has 190 valence electrons. The van der Waals surface area contributed by atoms with Crippen molar-refractivity contribution < 1.29 is 26.4 Å². The maximum atomic E-state index is 13.9. The van der Waals surface area contributed by atoms with E-state index in [4.69, 9.17) is 0 Å². The molecule has 6 nitrogen and oxygen atoms in total. The zero-order chi connectivity index (χ0) is 26.4. The lowest BCUT2D eigenvalue weighted by Crippen LogP contribution is -2.51. The number of hydrogen-bond acceptors (Lipinski definition) is 5. The van der Waals surface area contributed by atoms with Crippen molar-refractivity contribution in [3.8, 4) is 6.07 Å². The van der Waals surface area contributed by atoms with E-state index in [1.54, 1.807) is 13.8 Å². The largest absolute Gasteiger partial charge is 0.407 e. The van der Waals surface area contributed by atoms with Gasteiger partial charge >= 0.3 is 6.18 Å². The van der Waals surface area contributed by atoms with Crippen molar-refractivity contribution in [1.29, 1.82) is 5.26 Å². The normalized spacial score (nSPS) is 14.7. The van der Waals surface area contributed by atoms with Crippen molar-refractivity contribution >= 4 is 31.7 Å². The summed E-state index contributed by atoms with van der Waals surface area (Å²) in [5.41, 5.74) is 0.561. The second-order valence-electron chi connectivity index (χ2n) is 8.69. The molecule has 0 fully saturated rings. The number of benzene rings is 2. The Hall–Kier alpha value is -2.42. The van der Waals surface area contributed by atoms with Gasteiger partial charge in [-0.15, -0.1) is 0 Å². The van der Waals surface area contributed by atoms with Crippen LogP contribution in [0.1, 0.15) is 37.4 Å². The van der Waals surface area contributed by atoms with Gasteiger partial charge in [-0.25, -0.2) is 8.42 Å². The molecule has 0 saturated heterocycles. The Morgan fingerprint density at radius 3 is 2.11 bits per heavy atom. The smallest absolute Gasteiger partial charge is 0.339 e. The minimum absolute atomic E-state index is 0.0370. The standard InChI is InChI=1S/C24H27BrF3N3O3S/c1-15(2)12-21(31-22(24(26,27)28)17-6-8-18(25)9-7-17)23(32)30-19(14-29)13-16-4-10-20(11-5-16)35(3,33)34/h4-11,15,19,21-22,31H,12-13H2,1-3H3,(H,30,32)/t19-,21-,22-/m0/s1. The minimum atomic E-state index is -4.65. The SMILES string of the molecule is CC(C)C[C@H](N[C@@H](c1ccc(Br)cc1)C(F)(F)F)C(=O)N[C@H](C#N)Cc1ccc(S(C)(=O)=O)cc1. The predicted molar refractivity (Wildman–Crippen MR) is 130 cm³/mol. The Labute approximate surface area is 212 Å². The molecule has 0 spiro atoms. The topological polar surface area (TPSA) is 99.1 Å². The average molecular weight is 574 g/mol. The van der Waals surface area contributed by atoms with E-state index in [-0.39, 0.29) is 29.2 Å². The van der Waals surface area contributed by atoms with Crippen molar-refractivity contribution in [3.05, 3.63) is 64.1 Å². The first kappa shape index (κ1) is 28.8. The highest BCUT2D eigenvalue weighted by Gasteiger charge is 2.43. The number of amides is 1. The molecule has 0 saturated carbocycles. The highest BCUT2D eigenvalue weighted by molar-refractivity contribution is 9.10. The van der Waals surface area contributed by atoms with Crippen LogP contribution in [-0.2, 0) is 21.1 Å². The van der Waals surface area contributed by atoms with Crippen LogP contribution in [-0.4, -0.2) is 38.8 Å². The predicted octanol–water partition coefficient (Wildman–Crippen LogP) is 4.71. The third-order valence-corrected chi connectivity index (χ3v) is 6.84. The van der Waals surface area contributed by atoms with Crippen molar-refractivity contribution in [1.82, 2.24) is 10.6 Å². The van der Waals surface area contributed by atoms with E-state index in [9.17, 15) is 31.6 Å². The van der Waals surface area contributed by atoms with Gasteiger partial charge in [-0.2, -0.15) is 18.4 Å². The van der Waals surface area contributed by atoms with Crippen LogP contribution < -0.4 is 10.6 Å². The average Bonchev–Trinajstić information content (AvgIpc) is 2.75. The van der Waals surface area contributed by atoms with E-state index in [1.807, 2.05) is 6.07 Å². The zero-order valence-corrected chi connectivity index (χ0v) is 21.8. The number of carbonyl (C=O) groups is 1. The first-order chi connectivity index (χ1) is 16.2. The van der Waals surface area contributed by atoms with E-state index in [1.165, 1.54) is 48.5 Å². The second-order valence-corrected chi connectivity index (χ2v) is 11.6. The van der Waals surface area contributed by atoms with Crippen LogP contribution in [0.5, 0.6) is 0 Å². The van der Waals surface area contributed by atoms with Crippen molar-refractivity contribution in [3.63, 3.8) is 0 Å². The van der Waals surface area contributed by atoms with Crippen LogP contribution in [0.2, 0.25) is 0 Å². The molecule has 0 radical (unpaired) electrons. The van der Waals surface area contributed by atoms with Crippen molar-refractivity contribution in [2.45, 2.75) is 55.9 Å². The van der Waals surface area contributed by atoms with Gasteiger partial charge in [-0.1, -0.05) is 54.0 Å². The molecule has 35 heavy (non-hydrogen) atoms. The van der Waals surface area contributed by atoms with E-state index in [2.05, 4.69) is 26.6 Å².